The van der Waals surface area contributed by atoms with Crippen LogP contribution in [0.25, 0.3) is 11.0 Å². The SMILES string of the molecule is Cc1c(C(=O)NCCc2ccco2)oc2ccc(Br)cc12. The molecular weight excluding hydrogens is 334 g/mol. The van der Waals surface area contributed by atoms with Crippen molar-refractivity contribution in [3.8, 4) is 0 Å². The maximum Gasteiger partial charge on any atom is 0.287 e. The van der Waals surface area contributed by atoms with Gasteiger partial charge in [-0.1, -0.05) is 15.9 Å². The number of halogens is 1. The number of hydrogen-bond acceptors (Lipinski definition) is 3. The summed E-state index contributed by atoms with van der Waals surface area (Å²) >= 11 is 3.42. The van der Waals surface area contributed by atoms with Gasteiger partial charge in [0.1, 0.15) is 11.3 Å². The lowest BCUT2D eigenvalue weighted by atomic mass is 10.1. The molecule has 1 N–H and O–H groups in total. The Hall–Kier alpha value is -2.01. The van der Waals surface area contributed by atoms with Crippen molar-refractivity contribution in [2.24, 2.45) is 0 Å². The Morgan fingerprint density at radius 1 is 1.33 bits per heavy atom. The molecule has 0 bridgehead atoms. The first-order valence-electron chi connectivity index (χ1n) is 6.64. The Balaban J connectivity index is 1.73. The van der Waals surface area contributed by atoms with Gasteiger partial charge in [-0.05, 0) is 37.3 Å². The fourth-order valence-electron chi connectivity index (χ4n) is 2.24. The highest BCUT2D eigenvalue weighted by atomic mass is 79.9. The van der Waals surface area contributed by atoms with E-state index in [2.05, 4.69) is 21.2 Å². The van der Waals surface area contributed by atoms with Gasteiger partial charge < -0.3 is 14.2 Å². The Labute approximate surface area is 130 Å². The summed E-state index contributed by atoms with van der Waals surface area (Å²) in [4.78, 5) is 12.2. The number of carbonyl (C=O) groups is 1. The average Bonchev–Trinajstić information content (AvgIpc) is 3.08. The van der Waals surface area contributed by atoms with Crippen molar-refractivity contribution in [2.45, 2.75) is 13.3 Å². The first-order valence-corrected chi connectivity index (χ1v) is 7.43. The quantitative estimate of drug-likeness (QED) is 0.773. The first kappa shape index (κ1) is 13.9. The summed E-state index contributed by atoms with van der Waals surface area (Å²) in [6, 6.07) is 9.41. The van der Waals surface area contributed by atoms with Crippen LogP contribution in [0.5, 0.6) is 0 Å². The second kappa shape index (κ2) is 5.77. The molecule has 0 saturated carbocycles. The minimum atomic E-state index is -0.202. The second-order valence-corrected chi connectivity index (χ2v) is 5.70. The number of hydrogen-bond donors (Lipinski definition) is 1. The first-order chi connectivity index (χ1) is 10.1. The van der Waals surface area contributed by atoms with Crippen molar-refractivity contribution < 1.29 is 13.6 Å². The predicted octanol–water partition coefficient (Wildman–Crippen LogP) is 4.07. The molecule has 1 amide bonds. The van der Waals surface area contributed by atoms with Gasteiger partial charge in [0.15, 0.2) is 5.76 Å². The molecule has 1 aromatic carbocycles. The normalized spacial score (nSPS) is 11.0. The average molecular weight is 348 g/mol. The van der Waals surface area contributed by atoms with Crippen molar-refractivity contribution in [3.63, 3.8) is 0 Å². The number of nitrogens with one attached hydrogen (secondary N) is 1. The van der Waals surface area contributed by atoms with Crippen LogP contribution >= 0.6 is 15.9 Å². The molecule has 2 heterocycles. The summed E-state index contributed by atoms with van der Waals surface area (Å²) in [5, 5.41) is 3.79. The van der Waals surface area contributed by atoms with Gasteiger partial charge in [0, 0.05) is 28.4 Å². The van der Waals surface area contributed by atoms with Crippen molar-refractivity contribution in [3.05, 3.63) is 58.2 Å². The van der Waals surface area contributed by atoms with E-state index in [9.17, 15) is 4.79 Å². The fourth-order valence-corrected chi connectivity index (χ4v) is 2.61. The van der Waals surface area contributed by atoms with E-state index in [4.69, 9.17) is 8.83 Å². The summed E-state index contributed by atoms with van der Waals surface area (Å²) in [5.41, 5.74) is 1.56. The molecule has 0 aliphatic carbocycles. The predicted molar refractivity (Wildman–Crippen MR) is 83.4 cm³/mol. The number of carbonyl (C=O) groups excluding carboxylic acids is 1. The van der Waals surface area contributed by atoms with E-state index in [-0.39, 0.29) is 5.91 Å². The fraction of sp³-hybridized carbons (Fsp3) is 0.188. The molecule has 21 heavy (non-hydrogen) atoms. The number of aryl methyl sites for hydroxylation is 1. The van der Waals surface area contributed by atoms with E-state index >= 15 is 0 Å². The van der Waals surface area contributed by atoms with Crippen LogP contribution in [0.3, 0.4) is 0 Å². The third-order valence-corrected chi connectivity index (χ3v) is 3.83. The largest absolute Gasteiger partial charge is 0.469 e. The van der Waals surface area contributed by atoms with E-state index in [0.29, 0.717) is 24.3 Å². The Kier molecular flexibility index (Phi) is 3.84. The molecule has 2 aromatic heterocycles. The number of benzene rings is 1. The standard InChI is InChI=1S/C16H14BrNO3/c1-10-13-9-11(17)4-5-14(13)21-15(10)16(19)18-7-6-12-3-2-8-20-12/h2-5,8-9H,6-7H2,1H3,(H,18,19). The lowest BCUT2D eigenvalue weighted by Crippen LogP contribution is -2.25. The third kappa shape index (κ3) is 2.88. The summed E-state index contributed by atoms with van der Waals surface area (Å²) < 4.78 is 11.8. The molecule has 0 aliphatic rings. The van der Waals surface area contributed by atoms with Crippen LogP contribution in [0, 0.1) is 6.92 Å². The van der Waals surface area contributed by atoms with E-state index < -0.39 is 0 Å². The Morgan fingerprint density at radius 3 is 2.95 bits per heavy atom. The molecule has 0 aliphatic heterocycles. The number of furan rings is 2. The van der Waals surface area contributed by atoms with Gasteiger partial charge in [0.25, 0.3) is 5.91 Å². The molecule has 0 fully saturated rings. The van der Waals surface area contributed by atoms with Gasteiger partial charge in [0.2, 0.25) is 0 Å². The zero-order chi connectivity index (χ0) is 14.8. The molecule has 0 saturated heterocycles. The van der Waals surface area contributed by atoms with Crippen LogP contribution in [0.15, 0.2) is 49.9 Å². The highest BCUT2D eigenvalue weighted by Gasteiger charge is 2.17. The van der Waals surface area contributed by atoms with Gasteiger partial charge in [0.05, 0.1) is 6.26 Å². The van der Waals surface area contributed by atoms with Crippen LogP contribution in [0.1, 0.15) is 21.9 Å². The monoisotopic (exact) mass is 347 g/mol. The van der Waals surface area contributed by atoms with Gasteiger partial charge in [-0.3, -0.25) is 4.79 Å². The third-order valence-electron chi connectivity index (χ3n) is 3.34. The van der Waals surface area contributed by atoms with Gasteiger partial charge in [-0.2, -0.15) is 0 Å². The molecule has 5 heteroatoms. The van der Waals surface area contributed by atoms with Crippen molar-refractivity contribution in [1.82, 2.24) is 5.32 Å². The van der Waals surface area contributed by atoms with Crippen molar-refractivity contribution in [1.29, 1.82) is 0 Å². The van der Waals surface area contributed by atoms with Crippen LogP contribution in [-0.4, -0.2) is 12.5 Å². The highest BCUT2D eigenvalue weighted by molar-refractivity contribution is 9.10. The Morgan fingerprint density at radius 2 is 2.19 bits per heavy atom. The lowest BCUT2D eigenvalue weighted by Gasteiger charge is -2.02. The number of amides is 1. The number of fused-ring (bicyclic) bond motifs is 1. The van der Waals surface area contributed by atoms with Crippen LogP contribution < -0.4 is 5.32 Å². The summed E-state index contributed by atoms with van der Waals surface area (Å²) in [5.74, 6) is 1.01. The smallest absolute Gasteiger partial charge is 0.287 e. The topological polar surface area (TPSA) is 55.4 Å². The van der Waals surface area contributed by atoms with Crippen LogP contribution in [-0.2, 0) is 6.42 Å². The van der Waals surface area contributed by atoms with E-state index in [0.717, 1.165) is 21.2 Å². The molecule has 108 valence electrons. The molecule has 3 rings (SSSR count). The van der Waals surface area contributed by atoms with E-state index in [1.54, 1.807) is 6.26 Å². The zero-order valence-electron chi connectivity index (χ0n) is 11.5. The maximum absolute atomic E-state index is 12.2. The highest BCUT2D eigenvalue weighted by Crippen LogP contribution is 2.27. The molecular formula is C16H14BrNO3. The number of rotatable bonds is 4. The van der Waals surface area contributed by atoms with Gasteiger partial charge in [-0.25, -0.2) is 0 Å². The minimum Gasteiger partial charge on any atom is -0.469 e. The van der Waals surface area contributed by atoms with Crippen LogP contribution in [0.2, 0.25) is 0 Å². The zero-order valence-corrected chi connectivity index (χ0v) is 13.1. The molecule has 0 unspecified atom stereocenters. The minimum absolute atomic E-state index is 0.202. The van der Waals surface area contributed by atoms with Gasteiger partial charge >= 0.3 is 0 Å². The Bertz CT molecular complexity index is 774. The molecule has 4 nitrogen and oxygen atoms in total. The van der Waals surface area contributed by atoms with E-state index in [1.165, 1.54) is 0 Å². The second-order valence-electron chi connectivity index (χ2n) is 4.78. The summed E-state index contributed by atoms with van der Waals surface area (Å²) in [6.45, 7) is 2.40. The lowest BCUT2D eigenvalue weighted by molar-refractivity contribution is 0.0927. The molecule has 0 radical (unpaired) electrons. The van der Waals surface area contributed by atoms with Crippen molar-refractivity contribution in [2.75, 3.05) is 6.54 Å². The van der Waals surface area contributed by atoms with Crippen molar-refractivity contribution >= 4 is 32.8 Å². The van der Waals surface area contributed by atoms with Gasteiger partial charge in [-0.15, -0.1) is 0 Å². The summed E-state index contributed by atoms with van der Waals surface area (Å²) in [6.07, 6.45) is 2.28. The molecule has 0 atom stereocenters. The van der Waals surface area contributed by atoms with E-state index in [1.807, 2.05) is 37.3 Å². The van der Waals surface area contributed by atoms with Crippen LogP contribution in [0.4, 0.5) is 0 Å². The molecule has 0 spiro atoms. The maximum atomic E-state index is 12.2. The summed E-state index contributed by atoms with van der Waals surface area (Å²) in [7, 11) is 0. The molecule has 3 aromatic rings.